The van der Waals surface area contributed by atoms with Gasteiger partial charge in [-0.1, -0.05) is 0 Å². The summed E-state index contributed by atoms with van der Waals surface area (Å²) in [6.45, 7) is -0.156. The van der Waals surface area contributed by atoms with Gasteiger partial charge >= 0.3 is 0 Å². The Bertz CT molecular complexity index is 298. The number of hydrogen-bond acceptors (Lipinski definition) is 6. The lowest BCUT2D eigenvalue weighted by Crippen LogP contribution is -2.32. The largest absolute Gasteiger partial charge is 0.395 e. The minimum absolute atomic E-state index is 0.00741. The fourth-order valence-corrected chi connectivity index (χ4v) is 1.74. The number of rotatable bonds is 7. The van der Waals surface area contributed by atoms with Gasteiger partial charge < -0.3 is 21.7 Å². The Morgan fingerprint density at radius 2 is 1.65 bits per heavy atom. The molecule has 0 radical (unpaired) electrons. The quantitative estimate of drug-likeness (QED) is 0.484. The second-order valence-electron chi connectivity index (χ2n) is 4.18. The van der Waals surface area contributed by atoms with Gasteiger partial charge in [0.1, 0.15) is 0 Å². The molecular weight excluding hydrogens is 220 g/mol. The molecule has 0 aliphatic heterocycles. The van der Waals surface area contributed by atoms with E-state index < -0.39 is 0 Å². The molecule has 0 aliphatic carbocycles. The number of aliphatic hydroxyl groups excluding tert-OH is 2. The zero-order valence-electron chi connectivity index (χ0n) is 9.74. The van der Waals surface area contributed by atoms with E-state index in [1.807, 2.05) is 0 Å². The van der Waals surface area contributed by atoms with Crippen molar-refractivity contribution in [1.29, 1.82) is 0 Å². The van der Waals surface area contributed by atoms with Gasteiger partial charge in [0.2, 0.25) is 0 Å². The van der Waals surface area contributed by atoms with Gasteiger partial charge in [-0.05, 0) is 12.8 Å². The highest BCUT2D eigenvalue weighted by Gasteiger charge is 2.19. The number of aromatic nitrogens is 2. The predicted octanol–water partition coefficient (Wildman–Crippen LogP) is -1.02. The first-order valence-corrected chi connectivity index (χ1v) is 5.66. The first-order chi connectivity index (χ1) is 8.17. The van der Waals surface area contributed by atoms with Gasteiger partial charge in [0.15, 0.2) is 0 Å². The molecule has 2 atom stereocenters. The lowest BCUT2D eigenvalue weighted by atomic mass is 9.91. The number of hydrogen-bond donors (Lipinski definition) is 4. The van der Waals surface area contributed by atoms with Crippen LogP contribution in [0.2, 0.25) is 0 Å². The molecule has 6 N–H and O–H groups in total. The fourth-order valence-electron chi connectivity index (χ4n) is 1.74. The van der Waals surface area contributed by atoms with E-state index in [4.69, 9.17) is 21.7 Å². The van der Waals surface area contributed by atoms with Gasteiger partial charge in [-0.3, -0.25) is 9.97 Å². The molecule has 0 amide bonds. The van der Waals surface area contributed by atoms with Crippen molar-refractivity contribution in [3.8, 4) is 0 Å². The molecule has 0 aromatic carbocycles. The van der Waals surface area contributed by atoms with Crippen LogP contribution in [0.4, 0.5) is 0 Å². The van der Waals surface area contributed by atoms with E-state index in [-0.39, 0.29) is 31.2 Å². The molecule has 6 nitrogen and oxygen atoms in total. The van der Waals surface area contributed by atoms with Crippen molar-refractivity contribution in [1.82, 2.24) is 9.97 Å². The van der Waals surface area contributed by atoms with Crippen LogP contribution in [0.1, 0.15) is 24.5 Å². The second kappa shape index (κ2) is 7.29. The Morgan fingerprint density at radius 3 is 2.06 bits per heavy atom. The van der Waals surface area contributed by atoms with Crippen LogP contribution < -0.4 is 11.5 Å². The first-order valence-electron chi connectivity index (χ1n) is 5.66. The third-order valence-corrected chi connectivity index (χ3v) is 2.64. The summed E-state index contributed by atoms with van der Waals surface area (Å²) in [5, 5.41) is 18.0. The van der Waals surface area contributed by atoms with Crippen molar-refractivity contribution in [3.05, 3.63) is 24.3 Å². The smallest absolute Gasteiger partial charge is 0.0618 e. The maximum atomic E-state index is 8.98. The molecule has 0 saturated carbocycles. The van der Waals surface area contributed by atoms with E-state index in [2.05, 4.69) is 9.97 Å². The Kier molecular flexibility index (Phi) is 5.99. The van der Waals surface area contributed by atoms with E-state index >= 15 is 0 Å². The summed E-state index contributed by atoms with van der Waals surface area (Å²) >= 11 is 0. The SMILES string of the molecule is NC(CO)CC(CC(N)CO)c1cnccn1. The molecule has 96 valence electrons. The highest BCUT2D eigenvalue weighted by atomic mass is 16.3. The molecule has 1 heterocycles. The van der Waals surface area contributed by atoms with Crippen LogP contribution in [0.3, 0.4) is 0 Å². The summed E-state index contributed by atoms with van der Waals surface area (Å²) in [4.78, 5) is 8.22. The van der Waals surface area contributed by atoms with Crippen LogP contribution in [0.15, 0.2) is 18.6 Å². The van der Waals surface area contributed by atoms with Crippen molar-refractivity contribution in [3.63, 3.8) is 0 Å². The van der Waals surface area contributed by atoms with Crippen LogP contribution in [-0.2, 0) is 0 Å². The maximum absolute atomic E-state index is 8.98. The fraction of sp³-hybridized carbons (Fsp3) is 0.636. The van der Waals surface area contributed by atoms with Crippen molar-refractivity contribution >= 4 is 0 Å². The monoisotopic (exact) mass is 240 g/mol. The van der Waals surface area contributed by atoms with Gasteiger partial charge in [-0.25, -0.2) is 0 Å². The third kappa shape index (κ3) is 4.74. The van der Waals surface area contributed by atoms with Crippen LogP contribution in [0, 0.1) is 0 Å². The summed E-state index contributed by atoms with van der Waals surface area (Å²) in [5.41, 5.74) is 12.2. The molecule has 0 fully saturated rings. The number of nitrogens with two attached hydrogens (primary N) is 2. The van der Waals surface area contributed by atoms with Gasteiger partial charge in [-0.2, -0.15) is 0 Å². The number of nitrogens with zero attached hydrogens (tertiary/aromatic N) is 2. The molecule has 2 unspecified atom stereocenters. The molecule has 0 saturated heterocycles. The predicted molar refractivity (Wildman–Crippen MR) is 64.1 cm³/mol. The molecular formula is C11H20N4O2. The van der Waals surface area contributed by atoms with E-state index in [0.29, 0.717) is 12.8 Å². The lowest BCUT2D eigenvalue weighted by Gasteiger charge is -2.21. The van der Waals surface area contributed by atoms with Crippen molar-refractivity contribution in [2.45, 2.75) is 30.8 Å². The second-order valence-corrected chi connectivity index (χ2v) is 4.18. The average Bonchev–Trinajstić information content (AvgIpc) is 2.38. The third-order valence-electron chi connectivity index (χ3n) is 2.64. The molecule has 1 aromatic rings. The summed E-state index contributed by atoms with van der Waals surface area (Å²) in [5.74, 6) is 0.00741. The molecule has 0 bridgehead atoms. The van der Waals surface area contributed by atoms with E-state index in [0.717, 1.165) is 5.69 Å². The molecule has 6 heteroatoms. The average molecular weight is 240 g/mol. The lowest BCUT2D eigenvalue weighted by molar-refractivity contribution is 0.234. The van der Waals surface area contributed by atoms with Gasteiger partial charge in [-0.15, -0.1) is 0 Å². The van der Waals surface area contributed by atoms with Gasteiger partial charge in [0.05, 0.1) is 18.9 Å². The van der Waals surface area contributed by atoms with Gasteiger partial charge in [0.25, 0.3) is 0 Å². The van der Waals surface area contributed by atoms with Crippen LogP contribution >= 0.6 is 0 Å². The summed E-state index contributed by atoms with van der Waals surface area (Å²) in [7, 11) is 0. The van der Waals surface area contributed by atoms with Crippen molar-refractivity contribution < 1.29 is 10.2 Å². The summed E-state index contributed by atoms with van der Waals surface area (Å²) in [6, 6.07) is -0.624. The zero-order chi connectivity index (χ0) is 12.7. The van der Waals surface area contributed by atoms with Crippen LogP contribution in [0.25, 0.3) is 0 Å². The highest BCUT2D eigenvalue weighted by Crippen LogP contribution is 2.23. The minimum Gasteiger partial charge on any atom is -0.395 e. The molecule has 1 rings (SSSR count). The molecule has 0 aliphatic rings. The zero-order valence-corrected chi connectivity index (χ0v) is 9.74. The Morgan fingerprint density at radius 1 is 1.06 bits per heavy atom. The Balaban J connectivity index is 2.72. The summed E-state index contributed by atoms with van der Waals surface area (Å²) in [6.07, 6.45) is 6.01. The molecule has 0 spiro atoms. The van der Waals surface area contributed by atoms with Crippen LogP contribution in [0.5, 0.6) is 0 Å². The van der Waals surface area contributed by atoms with Crippen molar-refractivity contribution in [2.24, 2.45) is 11.5 Å². The highest BCUT2D eigenvalue weighted by molar-refractivity contribution is 5.05. The standard InChI is InChI=1S/C11H20N4O2/c12-9(6-16)3-8(4-10(13)7-17)11-5-14-1-2-15-11/h1-2,5,8-10,16-17H,3-4,6-7,12-13H2. The number of aliphatic hydroxyl groups is 2. The van der Waals surface area contributed by atoms with Crippen LogP contribution in [-0.4, -0.2) is 45.5 Å². The molecule has 1 aromatic heterocycles. The first kappa shape index (κ1) is 14.0. The Labute approximate surface area is 101 Å². The normalized spacial score (nSPS) is 16.5. The van der Waals surface area contributed by atoms with Crippen molar-refractivity contribution in [2.75, 3.05) is 13.2 Å². The van der Waals surface area contributed by atoms with Gasteiger partial charge in [0, 0.05) is 36.6 Å². The summed E-state index contributed by atoms with van der Waals surface area (Å²) < 4.78 is 0. The Hall–Kier alpha value is -1.08. The molecule has 17 heavy (non-hydrogen) atoms. The van der Waals surface area contributed by atoms with E-state index in [1.165, 1.54) is 0 Å². The minimum atomic E-state index is -0.312. The van der Waals surface area contributed by atoms with E-state index in [1.54, 1.807) is 18.6 Å². The van der Waals surface area contributed by atoms with E-state index in [9.17, 15) is 0 Å². The maximum Gasteiger partial charge on any atom is 0.0618 e. The topological polar surface area (TPSA) is 118 Å².